The molecule has 2 N–H and O–H groups in total. The molecule has 2 aromatic heterocycles. The van der Waals surface area contributed by atoms with Crippen molar-refractivity contribution in [2.45, 2.75) is 6.42 Å². The minimum Gasteiger partial charge on any atom is -0.326 e. The molecule has 0 saturated carbocycles. The standard InChI is InChI=1S/C22H17BrN6O2/c23-18-10-11-19(29-13-24-25-14-29)28-21(18)22(31)27-17-8-6-16(7-9-17)26-20(30)12-15-4-2-1-3-5-15/h1-11,13-14H,12H2,(H,26,30)(H,27,31). The zero-order valence-corrected chi connectivity index (χ0v) is 17.8. The fourth-order valence-electron chi connectivity index (χ4n) is 2.87. The van der Waals surface area contributed by atoms with Gasteiger partial charge in [-0.1, -0.05) is 30.3 Å². The predicted octanol–water partition coefficient (Wildman–Crippen LogP) is 3.86. The molecule has 8 nitrogen and oxygen atoms in total. The van der Waals surface area contributed by atoms with Gasteiger partial charge in [0.1, 0.15) is 24.2 Å². The van der Waals surface area contributed by atoms with Gasteiger partial charge in [0.05, 0.1) is 6.42 Å². The van der Waals surface area contributed by atoms with E-state index in [1.807, 2.05) is 30.3 Å². The van der Waals surface area contributed by atoms with Gasteiger partial charge in [-0.25, -0.2) is 4.98 Å². The first-order chi connectivity index (χ1) is 15.1. The van der Waals surface area contributed by atoms with Crippen LogP contribution in [0.25, 0.3) is 5.82 Å². The lowest BCUT2D eigenvalue weighted by atomic mass is 10.1. The molecule has 9 heteroatoms. The molecule has 2 aromatic carbocycles. The number of anilines is 2. The molecule has 154 valence electrons. The molecule has 0 aliphatic carbocycles. The number of benzene rings is 2. The highest BCUT2D eigenvalue weighted by Gasteiger charge is 2.14. The highest BCUT2D eigenvalue weighted by atomic mass is 79.9. The number of halogens is 1. The molecule has 4 rings (SSSR count). The Kier molecular flexibility index (Phi) is 6.13. The highest BCUT2D eigenvalue weighted by Crippen LogP contribution is 2.20. The fraction of sp³-hybridized carbons (Fsp3) is 0.0455. The van der Waals surface area contributed by atoms with Crippen LogP contribution in [-0.4, -0.2) is 31.6 Å². The molecule has 0 fully saturated rings. The molecule has 0 aliphatic rings. The third kappa shape index (κ3) is 5.20. The Morgan fingerprint density at radius 1 is 0.839 bits per heavy atom. The number of carbonyl (C=O) groups is 2. The van der Waals surface area contributed by atoms with Gasteiger partial charge in [0.2, 0.25) is 5.91 Å². The maximum absolute atomic E-state index is 12.7. The average molecular weight is 477 g/mol. The van der Waals surface area contributed by atoms with Crippen LogP contribution < -0.4 is 10.6 Å². The quantitative estimate of drug-likeness (QED) is 0.439. The Bertz CT molecular complexity index is 1190. The maximum Gasteiger partial charge on any atom is 0.275 e. The van der Waals surface area contributed by atoms with Gasteiger partial charge in [0.15, 0.2) is 0 Å². The number of hydrogen-bond donors (Lipinski definition) is 2. The van der Waals surface area contributed by atoms with Gasteiger partial charge >= 0.3 is 0 Å². The topological polar surface area (TPSA) is 102 Å². The second-order valence-corrected chi connectivity index (χ2v) is 7.47. The second-order valence-electron chi connectivity index (χ2n) is 6.61. The van der Waals surface area contributed by atoms with E-state index < -0.39 is 0 Å². The van der Waals surface area contributed by atoms with Gasteiger partial charge in [-0.15, -0.1) is 10.2 Å². The molecule has 2 heterocycles. The van der Waals surface area contributed by atoms with Crippen molar-refractivity contribution in [3.05, 3.63) is 95.1 Å². The van der Waals surface area contributed by atoms with Crippen molar-refractivity contribution in [3.8, 4) is 5.82 Å². The third-order valence-corrected chi connectivity index (χ3v) is 5.00. The van der Waals surface area contributed by atoms with E-state index in [1.54, 1.807) is 41.0 Å². The lowest BCUT2D eigenvalue weighted by Crippen LogP contribution is -2.16. The molecule has 0 atom stereocenters. The van der Waals surface area contributed by atoms with Crippen molar-refractivity contribution in [1.82, 2.24) is 19.7 Å². The number of nitrogens with one attached hydrogen (secondary N) is 2. The predicted molar refractivity (Wildman–Crippen MR) is 120 cm³/mol. The van der Waals surface area contributed by atoms with Crippen molar-refractivity contribution in [3.63, 3.8) is 0 Å². The van der Waals surface area contributed by atoms with Gasteiger partial charge in [-0.05, 0) is 57.9 Å². The average Bonchev–Trinajstić information content (AvgIpc) is 3.31. The van der Waals surface area contributed by atoms with E-state index in [9.17, 15) is 9.59 Å². The molecule has 31 heavy (non-hydrogen) atoms. The van der Waals surface area contributed by atoms with Crippen LogP contribution in [0.3, 0.4) is 0 Å². The Morgan fingerprint density at radius 2 is 1.48 bits per heavy atom. The van der Waals surface area contributed by atoms with Crippen LogP contribution in [0.1, 0.15) is 16.1 Å². The van der Waals surface area contributed by atoms with Gasteiger partial charge in [-0.3, -0.25) is 14.2 Å². The molecule has 0 saturated heterocycles. The first kappa shape index (κ1) is 20.4. The van der Waals surface area contributed by atoms with E-state index in [1.165, 1.54) is 12.7 Å². The lowest BCUT2D eigenvalue weighted by Gasteiger charge is -2.10. The molecule has 0 spiro atoms. The molecular weight excluding hydrogens is 460 g/mol. The summed E-state index contributed by atoms with van der Waals surface area (Å²) >= 11 is 3.36. The van der Waals surface area contributed by atoms with E-state index in [-0.39, 0.29) is 17.5 Å². The van der Waals surface area contributed by atoms with E-state index in [2.05, 4.69) is 41.7 Å². The van der Waals surface area contributed by atoms with Crippen LogP contribution in [0.2, 0.25) is 0 Å². The molecule has 0 aliphatic heterocycles. The summed E-state index contributed by atoms with van der Waals surface area (Å²) in [5.41, 5.74) is 2.39. The highest BCUT2D eigenvalue weighted by molar-refractivity contribution is 9.10. The van der Waals surface area contributed by atoms with Crippen LogP contribution in [0.5, 0.6) is 0 Å². The summed E-state index contributed by atoms with van der Waals surface area (Å²) in [4.78, 5) is 29.3. The summed E-state index contributed by atoms with van der Waals surface area (Å²) in [5, 5.41) is 13.1. The number of nitrogens with zero attached hydrogens (tertiary/aromatic N) is 4. The number of amides is 2. The molecule has 4 aromatic rings. The Hall–Kier alpha value is -3.85. The molecule has 0 radical (unpaired) electrons. The van der Waals surface area contributed by atoms with E-state index in [0.717, 1.165) is 5.56 Å². The van der Waals surface area contributed by atoms with E-state index in [4.69, 9.17) is 0 Å². The van der Waals surface area contributed by atoms with Crippen molar-refractivity contribution in [1.29, 1.82) is 0 Å². The van der Waals surface area contributed by atoms with Crippen LogP contribution in [0.15, 0.2) is 83.9 Å². The minimum absolute atomic E-state index is 0.109. The van der Waals surface area contributed by atoms with Crippen LogP contribution in [-0.2, 0) is 11.2 Å². The first-order valence-electron chi connectivity index (χ1n) is 9.35. The molecule has 0 unspecified atom stereocenters. The number of rotatable bonds is 6. The summed E-state index contributed by atoms with van der Waals surface area (Å²) in [6.07, 6.45) is 3.30. The summed E-state index contributed by atoms with van der Waals surface area (Å²) in [7, 11) is 0. The number of aromatic nitrogens is 4. The Morgan fingerprint density at radius 3 is 2.16 bits per heavy atom. The monoisotopic (exact) mass is 476 g/mol. The van der Waals surface area contributed by atoms with Crippen molar-refractivity contribution in [2.75, 3.05) is 10.6 Å². The van der Waals surface area contributed by atoms with E-state index in [0.29, 0.717) is 28.1 Å². The molecule has 0 bridgehead atoms. The van der Waals surface area contributed by atoms with Gasteiger partial charge in [-0.2, -0.15) is 0 Å². The fourth-order valence-corrected chi connectivity index (χ4v) is 3.27. The SMILES string of the molecule is O=C(Cc1ccccc1)Nc1ccc(NC(=O)c2nc(-n3cnnc3)ccc2Br)cc1. The minimum atomic E-state index is -0.373. The van der Waals surface area contributed by atoms with Crippen LogP contribution in [0.4, 0.5) is 11.4 Å². The molecule has 2 amide bonds. The van der Waals surface area contributed by atoms with Crippen LogP contribution >= 0.6 is 15.9 Å². The largest absolute Gasteiger partial charge is 0.326 e. The van der Waals surface area contributed by atoms with Gasteiger partial charge in [0.25, 0.3) is 5.91 Å². The summed E-state index contributed by atoms with van der Waals surface area (Å²) in [5.74, 6) is 0.0411. The number of carbonyl (C=O) groups excluding carboxylic acids is 2. The normalized spacial score (nSPS) is 10.5. The summed E-state index contributed by atoms with van der Waals surface area (Å²) in [6, 6.07) is 19.9. The van der Waals surface area contributed by atoms with E-state index >= 15 is 0 Å². The lowest BCUT2D eigenvalue weighted by molar-refractivity contribution is -0.115. The zero-order chi connectivity index (χ0) is 21.6. The first-order valence-corrected chi connectivity index (χ1v) is 10.1. The second kappa shape index (κ2) is 9.31. The summed E-state index contributed by atoms with van der Waals surface area (Å²) < 4.78 is 2.17. The van der Waals surface area contributed by atoms with Crippen molar-refractivity contribution < 1.29 is 9.59 Å². The molecular formula is C22H17BrN6O2. The van der Waals surface area contributed by atoms with Crippen LogP contribution in [0, 0.1) is 0 Å². The number of hydrogen-bond acceptors (Lipinski definition) is 5. The maximum atomic E-state index is 12.7. The van der Waals surface area contributed by atoms with Gasteiger partial charge < -0.3 is 10.6 Å². The Balaban J connectivity index is 1.40. The third-order valence-electron chi connectivity index (χ3n) is 4.36. The van der Waals surface area contributed by atoms with Gasteiger partial charge in [0, 0.05) is 15.8 Å². The number of pyridine rings is 1. The van der Waals surface area contributed by atoms with Crippen molar-refractivity contribution >= 4 is 39.1 Å². The summed E-state index contributed by atoms with van der Waals surface area (Å²) in [6.45, 7) is 0. The Labute approximate surface area is 186 Å². The zero-order valence-electron chi connectivity index (χ0n) is 16.2. The van der Waals surface area contributed by atoms with Crippen molar-refractivity contribution in [2.24, 2.45) is 0 Å². The smallest absolute Gasteiger partial charge is 0.275 e.